The van der Waals surface area contributed by atoms with E-state index in [4.69, 9.17) is 18.9 Å². The molecule has 3 unspecified atom stereocenters. The molecule has 1 aromatic rings. The standard InChI is InChI=1S/C26H32O8/c1-13(27)31-17-6-7-18-19-10-11-26(5)21(8-9-22(26)32-14(2)28)23(19)25(34-16(4)30)24(20(18)12-17)33-15(3)29/h6-7,12,19,21-25H,8-11H2,1-5H3/t19-,21+,22?,23-,24?,25?,26+/m1/s1. The number of fused-ring (bicyclic) bond motifs is 5. The Morgan fingerprint density at radius 3 is 2.12 bits per heavy atom. The third-order valence-corrected chi connectivity index (χ3v) is 7.85. The van der Waals surface area contributed by atoms with Crippen molar-refractivity contribution >= 4 is 23.9 Å². The van der Waals surface area contributed by atoms with Crippen LogP contribution in [0.1, 0.15) is 83.5 Å². The summed E-state index contributed by atoms with van der Waals surface area (Å²) in [6.45, 7) is 7.58. The highest BCUT2D eigenvalue weighted by molar-refractivity contribution is 5.70. The van der Waals surface area contributed by atoms with Crippen LogP contribution in [0.15, 0.2) is 18.2 Å². The highest BCUT2D eigenvalue weighted by Gasteiger charge is 2.61. The molecule has 2 fully saturated rings. The zero-order chi connectivity index (χ0) is 24.8. The van der Waals surface area contributed by atoms with Gasteiger partial charge in [0.15, 0.2) is 6.10 Å². The Morgan fingerprint density at radius 2 is 1.50 bits per heavy atom. The minimum atomic E-state index is -0.830. The SMILES string of the molecule is CC(=O)Oc1ccc2c(c1)C(OC(C)=O)C(OC(C)=O)[C@@H]1[C@@H]2CC[C@]2(C)C(OC(C)=O)CC[C@@H]12. The van der Waals surface area contributed by atoms with Crippen LogP contribution in [0, 0.1) is 17.3 Å². The number of ether oxygens (including phenoxy) is 4. The molecule has 4 rings (SSSR count). The predicted octanol–water partition coefficient (Wildman–Crippen LogP) is 4.00. The molecule has 8 heteroatoms. The molecule has 0 aromatic heterocycles. The van der Waals surface area contributed by atoms with Crippen molar-refractivity contribution in [2.24, 2.45) is 17.3 Å². The topological polar surface area (TPSA) is 105 Å². The van der Waals surface area contributed by atoms with Crippen molar-refractivity contribution < 1.29 is 38.1 Å². The van der Waals surface area contributed by atoms with Gasteiger partial charge in [-0.05, 0) is 55.2 Å². The van der Waals surface area contributed by atoms with Gasteiger partial charge in [0.1, 0.15) is 18.0 Å². The van der Waals surface area contributed by atoms with Crippen molar-refractivity contribution in [3.8, 4) is 5.75 Å². The summed E-state index contributed by atoms with van der Waals surface area (Å²) in [5.41, 5.74) is 1.44. The van der Waals surface area contributed by atoms with E-state index in [2.05, 4.69) is 6.92 Å². The van der Waals surface area contributed by atoms with Crippen molar-refractivity contribution in [1.29, 1.82) is 0 Å². The molecular weight excluding hydrogens is 440 g/mol. The molecule has 8 nitrogen and oxygen atoms in total. The van der Waals surface area contributed by atoms with Crippen LogP contribution in [0.5, 0.6) is 5.75 Å². The summed E-state index contributed by atoms with van der Waals surface area (Å²) in [7, 11) is 0. The molecule has 3 aliphatic carbocycles. The lowest BCUT2D eigenvalue weighted by molar-refractivity contribution is -0.184. The Balaban J connectivity index is 1.82. The third-order valence-electron chi connectivity index (χ3n) is 7.85. The van der Waals surface area contributed by atoms with Gasteiger partial charge in [0.2, 0.25) is 0 Å². The average Bonchev–Trinajstić information content (AvgIpc) is 3.04. The van der Waals surface area contributed by atoms with E-state index in [9.17, 15) is 19.2 Å². The van der Waals surface area contributed by atoms with Gasteiger partial charge < -0.3 is 18.9 Å². The molecular formula is C26H32O8. The van der Waals surface area contributed by atoms with Crippen molar-refractivity contribution in [2.45, 2.75) is 84.5 Å². The maximum Gasteiger partial charge on any atom is 0.308 e. The first-order valence-electron chi connectivity index (χ1n) is 11.8. The van der Waals surface area contributed by atoms with Crippen molar-refractivity contribution in [3.05, 3.63) is 29.3 Å². The van der Waals surface area contributed by atoms with Crippen molar-refractivity contribution in [3.63, 3.8) is 0 Å². The summed E-state index contributed by atoms with van der Waals surface area (Å²) in [6, 6.07) is 5.38. The van der Waals surface area contributed by atoms with Gasteiger partial charge in [-0.25, -0.2) is 0 Å². The molecule has 0 radical (unpaired) electrons. The monoisotopic (exact) mass is 472 g/mol. The zero-order valence-corrected chi connectivity index (χ0v) is 20.3. The van der Waals surface area contributed by atoms with Gasteiger partial charge in [-0.3, -0.25) is 19.2 Å². The first-order chi connectivity index (χ1) is 16.0. The fourth-order valence-electron chi connectivity index (χ4n) is 6.75. The Bertz CT molecular complexity index is 1020. The van der Waals surface area contributed by atoms with Crippen LogP contribution < -0.4 is 4.74 Å². The maximum atomic E-state index is 12.2. The second-order valence-electron chi connectivity index (χ2n) is 10.00. The molecule has 0 heterocycles. The van der Waals surface area contributed by atoms with Gasteiger partial charge in [0.05, 0.1) is 0 Å². The number of hydrogen-bond acceptors (Lipinski definition) is 8. The molecule has 0 N–H and O–H groups in total. The molecule has 2 saturated carbocycles. The summed E-state index contributed by atoms with van der Waals surface area (Å²) >= 11 is 0. The van der Waals surface area contributed by atoms with Crippen LogP contribution in [0.4, 0.5) is 0 Å². The largest absolute Gasteiger partial charge is 0.462 e. The number of rotatable bonds is 4. The van der Waals surface area contributed by atoms with Crippen LogP contribution in [-0.2, 0) is 33.4 Å². The van der Waals surface area contributed by atoms with Gasteiger partial charge in [-0.15, -0.1) is 0 Å². The van der Waals surface area contributed by atoms with Crippen molar-refractivity contribution in [1.82, 2.24) is 0 Å². The van der Waals surface area contributed by atoms with E-state index in [0.29, 0.717) is 11.3 Å². The maximum absolute atomic E-state index is 12.2. The van der Waals surface area contributed by atoms with Gasteiger partial charge in [-0.2, -0.15) is 0 Å². The van der Waals surface area contributed by atoms with Crippen LogP contribution in [-0.4, -0.2) is 36.1 Å². The van der Waals surface area contributed by atoms with Gasteiger partial charge in [-0.1, -0.05) is 13.0 Å². The number of carbonyl (C=O) groups is 4. The van der Waals surface area contributed by atoms with Crippen LogP contribution in [0.3, 0.4) is 0 Å². The van der Waals surface area contributed by atoms with Gasteiger partial charge in [0, 0.05) is 44.6 Å². The van der Waals surface area contributed by atoms with E-state index in [1.807, 2.05) is 6.07 Å². The van der Waals surface area contributed by atoms with E-state index in [-0.39, 0.29) is 35.2 Å². The second-order valence-corrected chi connectivity index (χ2v) is 10.00. The Hall–Kier alpha value is -2.90. The van der Waals surface area contributed by atoms with E-state index in [0.717, 1.165) is 31.2 Å². The molecule has 7 atom stereocenters. The second kappa shape index (κ2) is 9.04. The fourth-order valence-corrected chi connectivity index (χ4v) is 6.75. The number of benzene rings is 1. The highest BCUT2D eigenvalue weighted by atomic mass is 16.6. The third kappa shape index (κ3) is 4.30. The summed E-state index contributed by atoms with van der Waals surface area (Å²) in [5.74, 6) is -1.29. The quantitative estimate of drug-likeness (QED) is 0.368. The predicted molar refractivity (Wildman–Crippen MR) is 120 cm³/mol. The van der Waals surface area contributed by atoms with Crippen LogP contribution in [0.2, 0.25) is 0 Å². The first kappa shape index (κ1) is 24.2. The Labute approximate surface area is 199 Å². The molecule has 34 heavy (non-hydrogen) atoms. The summed E-state index contributed by atoms with van der Waals surface area (Å²) in [6.07, 6.45) is 1.49. The zero-order valence-electron chi connectivity index (χ0n) is 20.3. The summed E-state index contributed by atoms with van der Waals surface area (Å²) in [5, 5.41) is 0. The molecule has 184 valence electrons. The molecule has 1 aromatic carbocycles. The smallest absolute Gasteiger partial charge is 0.308 e. The Kier molecular flexibility index (Phi) is 6.44. The molecule has 0 bridgehead atoms. The lowest BCUT2D eigenvalue weighted by Crippen LogP contribution is -2.52. The summed E-state index contributed by atoms with van der Waals surface area (Å²) < 4.78 is 22.7. The normalized spacial score (nSPS) is 33.6. The minimum absolute atomic E-state index is 0.0617. The molecule has 0 spiro atoms. The molecule has 0 aliphatic heterocycles. The molecule has 0 saturated heterocycles. The van der Waals surface area contributed by atoms with E-state index in [1.54, 1.807) is 12.1 Å². The minimum Gasteiger partial charge on any atom is -0.462 e. The lowest BCUT2D eigenvalue weighted by atomic mass is 9.54. The Morgan fingerprint density at radius 1 is 0.824 bits per heavy atom. The number of hydrogen-bond donors (Lipinski definition) is 0. The highest BCUT2D eigenvalue weighted by Crippen LogP contribution is 2.63. The fraction of sp³-hybridized carbons (Fsp3) is 0.615. The number of carbonyl (C=O) groups excluding carboxylic acids is 4. The van der Waals surface area contributed by atoms with E-state index >= 15 is 0 Å². The van der Waals surface area contributed by atoms with Crippen LogP contribution >= 0.6 is 0 Å². The van der Waals surface area contributed by atoms with Crippen molar-refractivity contribution in [2.75, 3.05) is 0 Å². The molecule has 3 aliphatic rings. The van der Waals surface area contributed by atoms with Gasteiger partial charge >= 0.3 is 23.9 Å². The summed E-state index contributed by atoms with van der Waals surface area (Å²) in [4.78, 5) is 47.7. The average molecular weight is 473 g/mol. The lowest BCUT2D eigenvalue weighted by Gasteiger charge is -2.53. The first-order valence-corrected chi connectivity index (χ1v) is 11.8. The van der Waals surface area contributed by atoms with E-state index in [1.165, 1.54) is 27.7 Å². The van der Waals surface area contributed by atoms with E-state index < -0.39 is 30.1 Å². The number of esters is 4. The van der Waals surface area contributed by atoms with Crippen LogP contribution in [0.25, 0.3) is 0 Å². The molecule has 0 amide bonds. The van der Waals surface area contributed by atoms with Gasteiger partial charge in [0.25, 0.3) is 0 Å².